The second-order valence-electron chi connectivity index (χ2n) is 5.25. The second kappa shape index (κ2) is 6.95. The van der Waals surface area contributed by atoms with Crippen molar-refractivity contribution in [2.75, 3.05) is 13.7 Å². The molecule has 7 nitrogen and oxygen atoms in total. The topological polar surface area (TPSA) is 97.6 Å². The lowest BCUT2D eigenvalue weighted by atomic mass is 10.1. The smallest absolute Gasteiger partial charge is 0.337 e. The van der Waals surface area contributed by atoms with E-state index in [-0.39, 0.29) is 29.6 Å². The van der Waals surface area contributed by atoms with Crippen molar-refractivity contribution in [1.29, 1.82) is 0 Å². The predicted molar refractivity (Wildman–Crippen MR) is 84.6 cm³/mol. The first-order valence-electron chi connectivity index (χ1n) is 7.10. The van der Waals surface area contributed by atoms with Crippen LogP contribution in [-0.4, -0.2) is 31.5 Å². The first kappa shape index (κ1) is 16.5. The Hall–Kier alpha value is -2.83. The number of fused-ring (bicyclic) bond motifs is 1. The Bertz CT molecular complexity index is 795. The summed E-state index contributed by atoms with van der Waals surface area (Å²) in [7, 11) is 1.49. The normalized spacial score (nSPS) is 10.6. The van der Waals surface area contributed by atoms with E-state index in [1.54, 1.807) is 12.1 Å². The van der Waals surface area contributed by atoms with Crippen LogP contribution in [0.4, 0.5) is 0 Å². The molecule has 0 aliphatic rings. The summed E-state index contributed by atoms with van der Waals surface area (Å²) in [6, 6.07) is 5.89. The first-order valence-corrected chi connectivity index (χ1v) is 7.10. The fourth-order valence-corrected chi connectivity index (χ4v) is 2.09. The van der Waals surface area contributed by atoms with Crippen LogP contribution in [0.1, 0.15) is 24.2 Å². The third-order valence-electron chi connectivity index (χ3n) is 3.06. The highest BCUT2D eigenvalue weighted by Crippen LogP contribution is 2.22. The highest BCUT2D eigenvalue weighted by Gasteiger charge is 2.15. The summed E-state index contributed by atoms with van der Waals surface area (Å²) in [5.41, 5.74) is -0.257. The minimum absolute atomic E-state index is 0.0172. The van der Waals surface area contributed by atoms with Crippen LogP contribution in [0.3, 0.4) is 0 Å². The minimum atomic E-state index is -0.650. The van der Waals surface area contributed by atoms with E-state index in [1.807, 2.05) is 13.8 Å². The Morgan fingerprint density at radius 1 is 1.26 bits per heavy atom. The van der Waals surface area contributed by atoms with Gasteiger partial charge < -0.3 is 19.8 Å². The number of rotatable bonds is 5. The number of nitrogens with one attached hydrogen (secondary N) is 2. The van der Waals surface area contributed by atoms with Crippen LogP contribution in [0.2, 0.25) is 0 Å². The molecule has 0 saturated heterocycles. The molecule has 2 N–H and O–H groups in total. The third kappa shape index (κ3) is 4.09. The van der Waals surface area contributed by atoms with Crippen molar-refractivity contribution in [2.24, 2.45) is 0 Å². The van der Waals surface area contributed by atoms with Gasteiger partial charge in [0, 0.05) is 23.6 Å². The van der Waals surface area contributed by atoms with Crippen LogP contribution in [0.15, 0.2) is 33.5 Å². The van der Waals surface area contributed by atoms with Gasteiger partial charge in [-0.3, -0.25) is 9.59 Å². The molecule has 0 aliphatic heterocycles. The largest absolute Gasteiger partial charge is 0.497 e. The van der Waals surface area contributed by atoms with E-state index < -0.39 is 11.5 Å². The van der Waals surface area contributed by atoms with Gasteiger partial charge in [-0.05, 0) is 26.0 Å². The van der Waals surface area contributed by atoms with Gasteiger partial charge in [-0.25, -0.2) is 4.79 Å². The number of hydrogen-bond acceptors (Lipinski definition) is 5. The van der Waals surface area contributed by atoms with E-state index in [2.05, 4.69) is 10.6 Å². The van der Waals surface area contributed by atoms with E-state index in [0.717, 1.165) is 6.07 Å². The molecule has 1 heterocycles. The molecule has 23 heavy (non-hydrogen) atoms. The molecule has 1 aromatic carbocycles. The SMILES string of the molecule is COc1ccc2c(C(=O)NCC(=O)NC(C)C)cc(=O)oc2c1. The quantitative estimate of drug-likeness (QED) is 0.803. The molecule has 0 unspecified atom stereocenters. The number of benzene rings is 1. The zero-order valence-electron chi connectivity index (χ0n) is 13.1. The zero-order chi connectivity index (χ0) is 17.0. The van der Waals surface area contributed by atoms with Crippen LogP contribution in [0.5, 0.6) is 5.75 Å². The van der Waals surface area contributed by atoms with E-state index in [4.69, 9.17) is 9.15 Å². The molecular formula is C16H18N2O5. The zero-order valence-corrected chi connectivity index (χ0v) is 13.1. The number of hydrogen-bond donors (Lipinski definition) is 2. The molecule has 2 aromatic rings. The number of ether oxygens (including phenoxy) is 1. The van der Waals surface area contributed by atoms with Crippen molar-refractivity contribution >= 4 is 22.8 Å². The standard InChI is InChI=1S/C16H18N2O5/c1-9(2)18-14(19)8-17-16(21)12-7-15(20)23-13-6-10(22-3)4-5-11(12)13/h4-7,9H,8H2,1-3H3,(H,17,21)(H,18,19). The summed E-state index contributed by atoms with van der Waals surface area (Å²) < 4.78 is 10.1. The highest BCUT2D eigenvalue weighted by atomic mass is 16.5. The molecule has 0 radical (unpaired) electrons. The molecule has 0 bridgehead atoms. The maximum Gasteiger partial charge on any atom is 0.337 e. The molecule has 0 spiro atoms. The Morgan fingerprint density at radius 3 is 2.65 bits per heavy atom. The average Bonchev–Trinajstić information content (AvgIpc) is 2.50. The Morgan fingerprint density at radius 2 is 2.00 bits per heavy atom. The molecular weight excluding hydrogens is 300 g/mol. The molecule has 0 aliphatic carbocycles. The highest BCUT2D eigenvalue weighted by molar-refractivity contribution is 6.06. The maximum atomic E-state index is 12.3. The first-order chi connectivity index (χ1) is 10.9. The predicted octanol–water partition coefficient (Wildman–Crippen LogP) is 1.06. The maximum absolute atomic E-state index is 12.3. The lowest BCUT2D eigenvalue weighted by Gasteiger charge is -2.10. The summed E-state index contributed by atoms with van der Waals surface area (Å²) in [4.78, 5) is 35.5. The van der Waals surface area contributed by atoms with Crippen molar-refractivity contribution in [2.45, 2.75) is 19.9 Å². The van der Waals surface area contributed by atoms with E-state index in [1.165, 1.54) is 13.2 Å². The van der Waals surface area contributed by atoms with Crippen molar-refractivity contribution in [3.05, 3.63) is 40.2 Å². The summed E-state index contributed by atoms with van der Waals surface area (Å²) in [5.74, 6) is -0.316. The summed E-state index contributed by atoms with van der Waals surface area (Å²) in [6.45, 7) is 3.47. The summed E-state index contributed by atoms with van der Waals surface area (Å²) in [5, 5.41) is 5.62. The third-order valence-corrected chi connectivity index (χ3v) is 3.06. The second-order valence-corrected chi connectivity index (χ2v) is 5.25. The van der Waals surface area contributed by atoms with Gasteiger partial charge >= 0.3 is 5.63 Å². The lowest BCUT2D eigenvalue weighted by Crippen LogP contribution is -2.40. The van der Waals surface area contributed by atoms with Crippen LogP contribution in [-0.2, 0) is 4.79 Å². The molecule has 2 rings (SSSR count). The van der Waals surface area contributed by atoms with Crippen LogP contribution < -0.4 is 21.0 Å². The summed E-state index contributed by atoms with van der Waals surface area (Å²) in [6.07, 6.45) is 0. The van der Waals surface area contributed by atoms with Gasteiger partial charge in [0.15, 0.2) is 0 Å². The minimum Gasteiger partial charge on any atom is -0.497 e. The van der Waals surface area contributed by atoms with Crippen molar-refractivity contribution in [3.63, 3.8) is 0 Å². The average molecular weight is 318 g/mol. The number of methoxy groups -OCH3 is 1. The van der Waals surface area contributed by atoms with Crippen molar-refractivity contribution in [3.8, 4) is 5.75 Å². The van der Waals surface area contributed by atoms with Crippen LogP contribution in [0, 0.1) is 0 Å². The van der Waals surface area contributed by atoms with Gasteiger partial charge in [0.1, 0.15) is 11.3 Å². The van der Waals surface area contributed by atoms with Gasteiger partial charge in [0.25, 0.3) is 5.91 Å². The Labute approximate surface area is 132 Å². The molecule has 2 amide bonds. The van der Waals surface area contributed by atoms with Crippen LogP contribution >= 0.6 is 0 Å². The van der Waals surface area contributed by atoms with Gasteiger partial charge in [-0.1, -0.05) is 0 Å². The fraction of sp³-hybridized carbons (Fsp3) is 0.312. The number of carbonyl (C=O) groups is 2. The molecule has 1 aromatic heterocycles. The lowest BCUT2D eigenvalue weighted by molar-refractivity contribution is -0.120. The number of carbonyl (C=O) groups excluding carboxylic acids is 2. The van der Waals surface area contributed by atoms with Gasteiger partial charge in [0.2, 0.25) is 5.91 Å². The molecule has 0 atom stereocenters. The van der Waals surface area contributed by atoms with E-state index >= 15 is 0 Å². The van der Waals surface area contributed by atoms with Crippen molar-refractivity contribution in [1.82, 2.24) is 10.6 Å². The van der Waals surface area contributed by atoms with Gasteiger partial charge in [-0.2, -0.15) is 0 Å². The monoisotopic (exact) mass is 318 g/mol. The number of amides is 2. The summed E-state index contributed by atoms with van der Waals surface area (Å²) >= 11 is 0. The molecule has 7 heteroatoms. The van der Waals surface area contributed by atoms with Gasteiger partial charge in [-0.15, -0.1) is 0 Å². The van der Waals surface area contributed by atoms with E-state index in [0.29, 0.717) is 11.1 Å². The van der Waals surface area contributed by atoms with Gasteiger partial charge in [0.05, 0.1) is 19.2 Å². The molecule has 122 valence electrons. The van der Waals surface area contributed by atoms with Crippen molar-refractivity contribution < 1.29 is 18.7 Å². The molecule has 0 saturated carbocycles. The fourth-order valence-electron chi connectivity index (χ4n) is 2.09. The van der Waals surface area contributed by atoms with E-state index in [9.17, 15) is 14.4 Å². The molecule has 0 fully saturated rings. The Kier molecular flexibility index (Phi) is 5.00. The Balaban J connectivity index is 2.26. The van der Waals surface area contributed by atoms with Crippen LogP contribution in [0.25, 0.3) is 11.0 Å².